The molecule has 1 aromatic rings. The molecule has 1 aromatic heterocycles. The molecule has 3 nitrogen and oxygen atoms in total. The van der Waals surface area contributed by atoms with Gasteiger partial charge in [-0.15, -0.1) is 0 Å². The first kappa shape index (κ1) is 12.2. The van der Waals surface area contributed by atoms with Gasteiger partial charge in [0.1, 0.15) is 0 Å². The number of imidazole rings is 1. The van der Waals surface area contributed by atoms with Crippen molar-refractivity contribution in [1.82, 2.24) is 9.55 Å². The molecule has 0 aliphatic heterocycles. The lowest BCUT2D eigenvalue weighted by Gasteiger charge is -2.01. The van der Waals surface area contributed by atoms with Crippen molar-refractivity contribution in [3.05, 3.63) is 18.2 Å². The number of hydrogen-bond acceptors (Lipinski definition) is 2. The molecule has 0 amide bonds. The fourth-order valence-corrected chi connectivity index (χ4v) is 1.71. The van der Waals surface area contributed by atoms with Crippen molar-refractivity contribution < 1.29 is 0 Å². The van der Waals surface area contributed by atoms with Crippen LogP contribution in [-0.2, 0) is 13.1 Å². The van der Waals surface area contributed by atoms with E-state index in [0.717, 1.165) is 12.2 Å². The van der Waals surface area contributed by atoms with E-state index in [-0.39, 0.29) is 0 Å². The van der Waals surface area contributed by atoms with Crippen molar-refractivity contribution >= 4 is 0 Å². The van der Waals surface area contributed by atoms with E-state index in [0.29, 0.717) is 6.54 Å². The van der Waals surface area contributed by atoms with Crippen molar-refractivity contribution in [2.24, 2.45) is 5.73 Å². The normalized spacial score (nSPS) is 10.8. The van der Waals surface area contributed by atoms with Crippen molar-refractivity contribution in [3.63, 3.8) is 0 Å². The smallest absolute Gasteiger partial charge is 0.0949 e. The van der Waals surface area contributed by atoms with E-state index in [1.807, 2.05) is 12.5 Å². The van der Waals surface area contributed by atoms with Gasteiger partial charge in [-0.2, -0.15) is 0 Å². The van der Waals surface area contributed by atoms with Gasteiger partial charge in [-0.25, -0.2) is 4.98 Å². The van der Waals surface area contributed by atoms with Crippen molar-refractivity contribution in [1.29, 1.82) is 0 Å². The molecule has 0 bridgehead atoms. The maximum Gasteiger partial charge on any atom is 0.0949 e. The third-order valence-electron chi connectivity index (χ3n) is 2.67. The summed E-state index contributed by atoms with van der Waals surface area (Å²) in [6.07, 6.45) is 12.0. The molecule has 15 heavy (non-hydrogen) atoms. The summed E-state index contributed by atoms with van der Waals surface area (Å²) in [6.45, 7) is 3.88. The molecule has 0 aliphatic carbocycles. The summed E-state index contributed by atoms with van der Waals surface area (Å²) in [7, 11) is 0. The van der Waals surface area contributed by atoms with E-state index in [2.05, 4.69) is 16.5 Å². The van der Waals surface area contributed by atoms with E-state index in [4.69, 9.17) is 5.73 Å². The Bertz CT molecular complexity index is 255. The highest BCUT2D eigenvalue weighted by molar-refractivity contribution is 4.95. The van der Waals surface area contributed by atoms with Gasteiger partial charge in [0.25, 0.3) is 0 Å². The third-order valence-corrected chi connectivity index (χ3v) is 2.67. The Labute approximate surface area is 92.7 Å². The lowest BCUT2D eigenvalue weighted by atomic mass is 10.1. The molecule has 0 unspecified atom stereocenters. The molecule has 0 aromatic carbocycles. The third kappa shape index (κ3) is 4.98. The Morgan fingerprint density at radius 3 is 2.60 bits per heavy atom. The summed E-state index contributed by atoms with van der Waals surface area (Å²) in [5, 5.41) is 0. The topological polar surface area (TPSA) is 43.8 Å². The number of hydrogen-bond donors (Lipinski definition) is 1. The second-order valence-electron chi connectivity index (χ2n) is 4.07. The molecule has 0 aliphatic rings. The summed E-state index contributed by atoms with van der Waals surface area (Å²) in [6, 6.07) is 0. The Kier molecular flexibility index (Phi) is 6.09. The first-order chi connectivity index (χ1) is 7.36. The fraction of sp³-hybridized carbons (Fsp3) is 0.750. The lowest BCUT2D eigenvalue weighted by Crippen LogP contribution is -1.97. The second-order valence-corrected chi connectivity index (χ2v) is 4.07. The summed E-state index contributed by atoms with van der Waals surface area (Å²) < 4.78 is 2.14. The Hall–Kier alpha value is -0.830. The quantitative estimate of drug-likeness (QED) is 0.669. The maximum atomic E-state index is 5.50. The van der Waals surface area contributed by atoms with Crippen LogP contribution >= 0.6 is 0 Å². The van der Waals surface area contributed by atoms with Crippen molar-refractivity contribution in [3.8, 4) is 0 Å². The van der Waals surface area contributed by atoms with Crippen LogP contribution in [0.2, 0.25) is 0 Å². The first-order valence-corrected chi connectivity index (χ1v) is 6.07. The molecule has 1 rings (SSSR count). The molecule has 0 saturated heterocycles. The van der Waals surface area contributed by atoms with Crippen molar-refractivity contribution in [2.75, 3.05) is 0 Å². The van der Waals surface area contributed by atoms with Crippen LogP contribution in [0.3, 0.4) is 0 Å². The highest BCUT2D eigenvalue weighted by Gasteiger charge is 1.96. The predicted molar refractivity (Wildman–Crippen MR) is 63.5 cm³/mol. The molecular formula is C12H23N3. The minimum absolute atomic E-state index is 0.545. The average Bonchev–Trinajstić information content (AvgIpc) is 2.71. The van der Waals surface area contributed by atoms with Gasteiger partial charge in [0, 0.05) is 19.3 Å². The van der Waals surface area contributed by atoms with Crippen LogP contribution in [0.25, 0.3) is 0 Å². The van der Waals surface area contributed by atoms with Crippen molar-refractivity contribution in [2.45, 2.75) is 58.5 Å². The lowest BCUT2D eigenvalue weighted by molar-refractivity contribution is 0.557. The van der Waals surface area contributed by atoms with E-state index >= 15 is 0 Å². The number of nitrogens with zero attached hydrogens (tertiary/aromatic N) is 2. The zero-order valence-electron chi connectivity index (χ0n) is 9.78. The number of nitrogens with two attached hydrogens (primary N) is 1. The van der Waals surface area contributed by atoms with Crippen LogP contribution in [0.15, 0.2) is 12.5 Å². The second kappa shape index (κ2) is 7.46. The molecule has 1 heterocycles. The van der Waals surface area contributed by atoms with Gasteiger partial charge in [-0.1, -0.05) is 39.0 Å². The molecule has 0 spiro atoms. The van der Waals surface area contributed by atoms with Gasteiger partial charge in [-0.05, 0) is 6.42 Å². The van der Waals surface area contributed by atoms with Crippen LogP contribution in [0.4, 0.5) is 0 Å². The van der Waals surface area contributed by atoms with E-state index in [1.54, 1.807) is 0 Å². The van der Waals surface area contributed by atoms with Crippen LogP contribution in [0, 0.1) is 0 Å². The molecule has 2 N–H and O–H groups in total. The zero-order chi connectivity index (χ0) is 10.9. The van der Waals surface area contributed by atoms with E-state index in [9.17, 15) is 0 Å². The van der Waals surface area contributed by atoms with Gasteiger partial charge in [0.05, 0.1) is 12.0 Å². The van der Waals surface area contributed by atoms with Crippen LogP contribution in [0.5, 0.6) is 0 Å². The number of unbranched alkanes of at least 4 members (excludes halogenated alkanes) is 5. The first-order valence-electron chi connectivity index (χ1n) is 6.07. The standard InChI is InChI=1S/C12H23N3/c1-2-3-4-5-6-7-8-15-10-12(9-13)14-11-15/h10-11H,2-9,13H2,1H3. The predicted octanol–water partition coefficient (Wildman–Crippen LogP) is 2.70. The minimum atomic E-state index is 0.545. The Morgan fingerprint density at radius 1 is 1.20 bits per heavy atom. The SMILES string of the molecule is CCCCCCCCn1cnc(CN)c1. The number of aromatic nitrogens is 2. The molecule has 0 atom stereocenters. The van der Waals surface area contributed by atoms with Gasteiger partial charge in [0.15, 0.2) is 0 Å². The van der Waals surface area contributed by atoms with Crippen LogP contribution in [0.1, 0.15) is 51.1 Å². The molecule has 0 fully saturated rings. The minimum Gasteiger partial charge on any atom is -0.337 e. The molecule has 86 valence electrons. The monoisotopic (exact) mass is 209 g/mol. The highest BCUT2D eigenvalue weighted by Crippen LogP contribution is 2.06. The fourth-order valence-electron chi connectivity index (χ4n) is 1.71. The average molecular weight is 209 g/mol. The van der Waals surface area contributed by atoms with E-state index in [1.165, 1.54) is 38.5 Å². The molecular weight excluding hydrogens is 186 g/mol. The molecule has 0 saturated carbocycles. The zero-order valence-corrected chi connectivity index (χ0v) is 9.78. The van der Waals surface area contributed by atoms with E-state index < -0.39 is 0 Å². The van der Waals surface area contributed by atoms with Gasteiger partial charge >= 0.3 is 0 Å². The number of rotatable bonds is 8. The summed E-state index contributed by atoms with van der Waals surface area (Å²) in [5.74, 6) is 0. The maximum absolute atomic E-state index is 5.50. The Morgan fingerprint density at radius 2 is 1.93 bits per heavy atom. The summed E-state index contributed by atoms with van der Waals surface area (Å²) in [4.78, 5) is 4.20. The number of aryl methyl sites for hydroxylation is 1. The Balaban J connectivity index is 2.04. The van der Waals surface area contributed by atoms with Gasteiger partial charge < -0.3 is 10.3 Å². The summed E-state index contributed by atoms with van der Waals surface area (Å²) in [5.41, 5.74) is 6.48. The molecule has 0 radical (unpaired) electrons. The molecule has 3 heteroatoms. The largest absolute Gasteiger partial charge is 0.337 e. The highest BCUT2D eigenvalue weighted by atomic mass is 15.0. The van der Waals surface area contributed by atoms with Gasteiger partial charge in [0.2, 0.25) is 0 Å². The van der Waals surface area contributed by atoms with Gasteiger partial charge in [-0.3, -0.25) is 0 Å². The van der Waals surface area contributed by atoms with Crippen LogP contribution in [-0.4, -0.2) is 9.55 Å². The summed E-state index contributed by atoms with van der Waals surface area (Å²) >= 11 is 0. The van der Waals surface area contributed by atoms with Crippen LogP contribution < -0.4 is 5.73 Å².